The summed E-state index contributed by atoms with van der Waals surface area (Å²) < 4.78 is 11.1. The van der Waals surface area contributed by atoms with E-state index in [9.17, 15) is 9.90 Å². The summed E-state index contributed by atoms with van der Waals surface area (Å²) in [5.74, 6) is 0.548. The average molecular weight is 379 g/mol. The lowest BCUT2D eigenvalue weighted by atomic mass is 10.0. The minimum Gasteiger partial charge on any atom is -0.504 e. The maximum atomic E-state index is 12.9. The van der Waals surface area contributed by atoms with Crippen LogP contribution >= 0.6 is 0 Å². The maximum absolute atomic E-state index is 12.9. The molecule has 3 aromatic rings. The molecule has 0 saturated carbocycles. The number of nitrogens with zero attached hydrogens (tertiary/aromatic N) is 3. The van der Waals surface area contributed by atoms with Crippen molar-refractivity contribution in [2.24, 2.45) is 0 Å². The summed E-state index contributed by atoms with van der Waals surface area (Å²) in [6.45, 7) is 6.56. The molecule has 1 aliphatic rings. The van der Waals surface area contributed by atoms with Crippen LogP contribution in [0.2, 0.25) is 0 Å². The summed E-state index contributed by atoms with van der Waals surface area (Å²) in [6, 6.07) is 5.29. The number of carbonyl (C=O) groups excluding carboxylic acids is 1. The van der Waals surface area contributed by atoms with Crippen molar-refractivity contribution < 1.29 is 19.1 Å². The SMILES string of the molecule is Cc1cnc(C)c(-c2cc(O)c3c(c2)CN(C(=O)c2occc2C)CCO3)n1. The van der Waals surface area contributed by atoms with Crippen molar-refractivity contribution in [3.05, 3.63) is 58.9 Å². The summed E-state index contributed by atoms with van der Waals surface area (Å²) in [5.41, 5.74) is 4.49. The fraction of sp³-hybridized carbons (Fsp3) is 0.286. The second-order valence-electron chi connectivity index (χ2n) is 6.94. The zero-order valence-corrected chi connectivity index (χ0v) is 16.0. The van der Waals surface area contributed by atoms with Gasteiger partial charge in [-0.1, -0.05) is 0 Å². The molecule has 7 heteroatoms. The maximum Gasteiger partial charge on any atom is 0.290 e. The van der Waals surface area contributed by atoms with E-state index in [-0.39, 0.29) is 18.3 Å². The molecule has 3 heterocycles. The van der Waals surface area contributed by atoms with Gasteiger partial charge in [0.15, 0.2) is 17.3 Å². The van der Waals surface area contributed by atoms with Gasteiger partial charge in [-0.15, -0.1) is 0 Å². The third-order valence-corrected chi connectivity index (χ3v) is 4.81. The molecule has 1 aliphatic heterocycles. The molecule has 2 aromatic heterocycles. The van der Waals surface area contributed by atoms with E-state index in [1.54, 1.807) is 23.2 Å². The third-order valence-electron chi connectivity index (χ3n) is 4.81. The van der Waals surface area contributed by atoms with Crippen LogP contribution in [0.3, 0.4) is 0 Å². The Balaban J connectivity index is 1.73. The number of amides is 1. The van der Waals surface area contributed by atoms with Crippen LogP contribution in [-0.2, 0) is 6.54 Å². The van der Waals surface area contributed by atoms with Crippen LogP contribution in [0.15, 0.2) is 35.1 Å². The molecule has 4 rings (SSSR count). The van der Waals surface area contributed by atoms with Gasteiger partial charge in [-0.25, -0.2) is 4.98 Å². The number of phenolic OH excluding ortho intramolecular Hbond substituents is 1. The van der Waals surface area contributed by atoms with Gasteiger partial charge < -0.3 is 19.2 Å². The summed E-state index contributed by atoms with van der Waals surface area (Å²) in [4.78, 5) is 23.4. The Hall–Kier alpha value is -3.35. The Morgan fingerprint density at radius 1 is 1.25 bits per heavy atom. The third kappa shape index (κ3) is 3.19. The van der Waals surface area contributed by atoms with Crippen molar-refractivity contribution in [2.75, 3.05) is 13.2 Å². The predicted molar refractivity (Wildman–Crippen MR) is 102 cm³/mol. The molecular formula is C21H21N3O4. The molecular weight excluding hydrogens is 358 g/mol. The highest BCUT2D eigenvalue weighted by Crippen LogP contribution is 2.38. The second kappa shape index (κ2) is 6.99. The second-order valence-corrected chi connectivity index (χ2v) is 6.94. The van der Waals surface area contributed by atoms with E-state index in [1.165, 1.54) is 6.26 Å². The van der Waals surface area contributed by atoms with Crippen molar-refractivity contribution in [1.82, 2.24) is 14.9 Å². The first kappa shape index (κ1) is 18.0. The minimum absolute atomic E-state index is 0.0266. The number of furan rings is 1. The van der Waals surface area contributed by atoms with Crippen LogP contribution in [0.5, 0.6) is 11.5 Å². The summed E-state index contributed by atoms with van der Waals surface area (Å²) in [5, 5.41) is 10.5. The van der Waals surface area contributed by atoms with Gasteiger partial charge in [-0.2, -0.15) is 0 Å². The molecule has 1 N–H and O–H groups in total. The van der Waals surface area contributed by atoms with Crippen LogP contribution in [-0.4, -0.2) is 39.0 Å². The van der Waals surface area contributed by atoms with Gasteiger partial charge in [0, 0.05) is 22.9 Å². The summed E-state index contributed by atoms with van der Waals surface area (Å²) >= 11 is 0. The van der Waals surface area contributed by atoms with Crippen LogP contribution in [0, 0.1) is 20.8 Å². The number of ether oxygens (including phenoxy) is 1. The molecule has 0 fully saturated rings. The van der Waals surface area contributed by atoms with Crippen LogP contribution in [0.1, 0.15) is 33.1 Å². The molecule has 0 radical (unpaired) electrons. The minimum atomic E-state index is -0.199. The van der Waals surface area contributed by atoms with Crippen LogP contribution in [0.4, 0.5) is 0 Å². The fourth-order valence-corrected chi connectivity index (χ4v) is 3.36. The lowest BCUT2D eigenvalue weighted by Gasteiger charge is -2.19. The highest BCUT2D eigenvalue weighted by atomic mass is 16.5. The Morgan fingerprint density at radius 2 is 2.07 bits per heavy atom. The van der Waals surface area contributed by atoms with Gasteiger partial charge in [-0.05, 0) is 39.0 Å². The fourth-order valence-electron chi connectivity index (χ4n) is 3.36. The predicted octanol–water partition coefficient (Wildman–Crippen LogP) is 3.40. The normalized spacial score (nSPS) is 13.6. The number of hydrogen-bond acceptors (Lipinski definition) is 6. The first-order valence-electron chi connectivity index (χ1n) is 9.06. The first-order valence-corrected chi connectivity index (χ1v) is 9.06. The molecule has 0 saturated heterocycles. The topological polar surface area (TPSA) is 88.7 Å². The van der Waals surface area contributed by atoms with Gasteiger partial charge in [0.05, 0.1) is 36.4 Å². The van der Waals surface area contributed by atoms with Crippen LogP contribution in [0.25, 0.3) is 11.3 Å². The number of fused-ring (bicyclic) bond motifs is 1. The molecule has 0 bridgehead atoms. The van der Waals surface area contributed by atoms with E-state index >= 15 is 0 Å². The number of aromatic hydroxyl groups is 1. The quantitative estimate of drug-likeness (QED) is 0.734. The van der Waals surface area contributed by atoms with E-state index in [0.717, 1.165) is 22.5 Å². The van der Waals surface area contributed by atoms with Gasteiger partial charge >= 0.3 is 0 Å². The van der Waals surface area contributed by atoms with Crippen molar-refractivity contribution in [3.8, 4) is 22.8 Å². The lowest BCUT2D eigenvalue weighted by Crippen LogP contribution is -2.32. The Labute approximate surface area is 162 Å². The highest BCUT2D eigenvalue weighted by molar-refractivity contribution is 5.93. The van der Waals surface area contributed by atoms with Gasteiger partial charge in [-0.3, -0.25) is 9.78 Å². The molecule has 1 amide bonds. The molecule has 1 aromatic carbocycles. The zero-order valence-electron chi connectivity index (χ0n) is 16.0. The van der Waals surface area contributed by atoms with E-state index in [0.29, 0.717) is 35.9 Å². The van der Waals surface area contributed by atoms with E-state index in [4.69, 9.17) is 9.15 Å². The lowest BCUT2D eigenvalue weighted by molar-refractivity contribution is 0.0700. The number of aryl methyl sites for hydroxylation is 3. The standard InChI is InChI=1S/C21H21N3O4/c1-12-4-6-27-19(12)21(26)24-5-7-28-20-16(11-24)8-15(9-17(20)25)18-14(3)22-10-13(2)23-18/h4,6,8-10,25H,5,7,11H2,1-3H3. The van der Waals surface area contributed by atoms with E-state index < -0.39 is 0 Å². The van der Waals surface area contributed by atoms with E-state index in [2.05, 4.69) is 9.97 Å². The van der Waals surface area contributed by atoms with E-state index in [1.807, 2.05) is 26.8 Å². The Morgan fingerprint density at radius 3 is 2.82 bits per heavy atom. The molecule has 0 aliphatic carbocycles. The van der Waals surface area contributed by atoms with Crippen molar-refractivity contribution in [3.63, 3.8) is 0 Å². The number of hydrogen-bond donors (Lipinski definition) is 1. The Kier molecular flexibility index (Phi) is 4.50. The summed E-state index contributed by atoms with van der Waals surface area (Å²) in [6.07, 6.45) is 3.21. The molecule has 0 spiro atoms. The van der Waals surface area contributed by atoms with Crippen molar-refractivity contribution in [2.45, 2.75) is 27.3 Å². The molecule has 0 unspecified atom stereocenters. The number of phenols is 1. The largest absolute Gasteiger partial charge is 0.504 e. The highest BCUT2D eigenvalue weighted by Gasteiger charge is 2.26. The molecule has 7 nitrogen and oxygen atoms in total. The number of aromatic nitrogens is 2. The monoisotopic (exact) mass is 379 g/mol. The van der Waals surface area contributed by atoms with Gasteiger partial charge in [0.25, 0.3) is 5.91 Å². The van der Waals surface area contributed by atoms with Crippen molar-refractivity contribution in [1.29, 1.82) is 0 Å². The zero-order chi connectivity index (χ0) is 19.8. The van der Waals surface area contributed by atoms with Gasteiger partial charge in [0.1, 0.15) is 6.61 Å². The van der Waals surface area contributed by atoms with Gasteiger partial charge in [0.2, 0.25) is 0 Å². The first-order chi connectivity index (χ1) is 13.4. The number of carbonyl (C=O) groups is 1. The smallest absolute Gasteiger partial charge is 0.290 e. The molecule has 0 atom stereocenters. The Bertz CT molecular complexity index is 1060. The molecule has 144 valence electrons. The average Bonchev–Trinajstić information content (AvgIpc) is 2.97. The summed E-state index contributed by atoms with van der Waals surface area (Å²) in [7, 11) is 0. The molecule has 28 heavy (non-hydrogen) atoms. The van der Waals surface area contributed by atoms with Crippen molar-refractivity contribution >= 4 is 5.91 Å². The number of rotatable bonds is 2. The van der Waals surface area contributed by atoms with Crippen LogP contribution < -0.4 is 4.74 Å². The number of benzene rings is 1.